The Morgan fingerprint density at radius 3 is 2.67 bits per heavy atom. The van der Waals surface area contributed by atoms with E-state index in [2.05, 4.69) is 53.2 Å². The van der Waals surface area contributed by atoms with Gasteiger partial charge in [-0.15, -0.1) is 11.3 Å². The smallest absolute Gasteiger partial charge is 0.232 e. The monoisotopic (exact) mass is 339 g/mol. The lowest BCUT2D eigenvalue weighted by molar-refractivity contribution is 0.117. The van der Waals surface area contributed by atoms with Crippen LogP contribution in [0.25, 0.3) is 10.7 Å². The van der Waals surface area contributed by atoms with E-state index in [0.717, 1.165) is 30.4 Å². The molecule has 1 fully saturated rings. The molecule has 5 heteroatoms. The summed E-state index contributed by atoms with van der Waals surface area (Å²) in [6.45, 7) is 7.41. The van der Waals surface area contributed by atoms with Gasteiger partial charge in [-0.2, -0.15) is 4.98 Å². The lowest BCUT2D eigenvalue weighted by Gasteiger charge is -2.37. The Kier molecular flexibility index (Phi) is 4.21. The first-order valence-electron chi connectivity index (χ1n) is 8.37. The zero-order chi connectivity index (χ0) is 16.5. The van der Waals surface area contributed by atoms with Crippen molar-refractivity contribution in [3.63, 3.8) is 0 Å². The van der Waals surface area contributed by atoms with Gasteiger partial charge in [-0.3, -0.25) is 4.90 Å². The van der Waals surface area contributed by atoms with Gasteiger partial charge in [0.25, 0.3) is 0 Å². The molecule has 24 heavy (non-hydrogen) atoms. The fraction of sp³-hybridized carbons (Fsp3) is 0.368. The van der Waals surface area contributed by atoms with Gasteiger partial charge in [-0.1, -0.05) is 49.3 Å². The van der Waals surface area contributed by atoms with Gasteiger partial charge in [-0.05, 0) is 28.5 Å². The van der Waals surface area contributed by atoms with Crippen LogP contribution in [0.4, 0.5) is 0 Å². The molecule has 1 saturated heterocycles. The first-order valence-corrected chi connectivity index (χ1v) is 9.25. The fourth-order valence-electron chi connectivity index (χ4n) is 3.03. The Bertz CT molecular complexity index is 786. The molecular formula is C19H21N3OS. The first-order chi connectivity index (χ1) is 11.7. The summed E-state index contributed by atoms with van der Waals surface area (Å²) in [4.78, 5) is 8.04. The van der Waals surface area contributed by atoms with Crippen molar-refractivity contribution in [2.24, 2.45) is 0 Å². The van der Waals surface area contributed by atoms with Gasteiger partial charge in [0.05, 0.1) is 10.8 Å². The van der Waals surface area contributed by atoms with Gasteiger partial charge in [0.1, 0.15) is 0 Å². The van der Waals surface area contributed by atoms with Gasteiger partial charge in [0.2, 0.25) is 11.7 Å². The molecule has 1 aliphatic rings. The predicted octanol–water partition coefficient (Wildman–Crippen LogP) is 4.52. The van der Waals surface area contributed by atoms with Crippen LogP contribution < -0.4 is 0 Å². The molecule has 3 heterocycles. The molecule has 0 amide bonds. The summed E-state index contributed by atoms with van der Waals surface area (Å²) in [5.41, 5.74) is 2.76. The number of hydrogen-bond donors (Lipinski definition) is 0. The zero-order valence-corrected chi connectivity index (χ0v) is 14.8. The quantitative estimate of drug-likeness (QED) is 0.685. The highest BCUT2D eigenvalue weighted by Crippen LogP contribution is 2.30. The van der Waals surface area contributed by atoms with Crippen molar-refractivity contribution in [3.8, 4) is 10.7 Å². The number of aromatic nitrogens is 2. The molecule has 4 rings (SSSR count). The summed E-state index contributed by atoms with van der Waals surface area (Å²) in [6.07, 6.45) is 0. The lowest BCUT2D eigenvalue weighted by atomic mass is 9.98. The average molecular weight is 339 g/mol. The van der Waals surface area contributed by atoms with Crippen LogP contribution in [0.3, 0.4) is 0 Å². The molecule has 0 bridgehead atoms. The van der Waals surface area contributed by atoms with Gasteiger partial charge in [0.15, 0.2) is 0 Å². The second-order valence-electron chi connectivity index (χ2n) is 6.72. The second kappa shape index (κ2) is 6.49. The van der Waals surface area contributed by atoms with E-state index in [9.17, 15) is 0 Å². The Hall–Kier alpha value is -1.98. The van der Waals surface area contributed by atoms with Gasteiger partial charge >= 0.3 is 0 Å². The van der Waals surface area contributed by atoms with E-state index in [1.165, 1.54) is 11.1 Å². The van der Waals surface area contributed by atoms with Gasteiger partial charge in [-0.25, -0.2) is 0 Å². The minimum atomic E-state index is 0.362. The maximum Gasteiger partial charge on any atom is 0.232 e. The van der Waals surface area contributed by atoms with Crippen molar-refractivity contribution >= 4 is 11.3 Å². The number of benzene rings is 1. The first kappa shape index (κ1) is 15.5. The Balaban J connectivity index is 1.33. The summed E-state index contributed by atoms with van der Waals surface area (Å²) in [7, 11) is 0. The summed E-state index contributed by atoms with van der Waals surface area (Å²) in [5.74, 6) is 2.43. The number of hydrogen-bond acceptors (Lipinski definition) is 5. The van der Waals surface area contributed by atoms with Crippen molar-refractivity contribution in [1.29, 1.82) is 0 Å². The van der Waals surface area contributed by atoms with E-state index in [1.54, 1.807) is 11.3 Å². The highest BCUT2D eigenvalue weighted by atomic mass is 32.1. The molecule has 3 aromatic rings. The van der Waals surface area contributed by atoms with Crippen LogP contribution in [0, 0.1) is 0 Å². The molecule has 1 aliphatic heterocycles. The van der Waals surface area contributed by atoms with Crippen molar-refractivity contribution in [2.45, 2.75) is 32.2 Å². The molecule has 0 radical (unpaired) electrons. The van der Waals surface area contributed by atoms with Crippen molar-refractivity contribution in [1.82, 2.24) is 15.0 Å². The topological polar surface area (TPSA) is 42.2 Å². The Morgan fingerprint density at radius 1 is 1.21 bits per heavy atom. The van der Waals surface area contributed by atoms with Gasteiger partial charge in [0, 0.05) is 19.6 Å². The Labute approximate surface area is 146 Å². The van der Waals surface area contributed by atoms with Gasteiger partial charge < -0.3 is 4.52 Å². The van der Waals surface area contributed by atoms with Crippen molar-refractivity contribution < 1.29 is 4.52 Å². The van der Waals surface area contributed by atoms with Crippen LogP contribution in [0.15, 0.2) is 46.3 Å². The predicted molar refractivity (Wildman–Crippen MR) is 96.2 cm³/mol. The van der Waals surface area contributed by atoms with Crippen LogP contribution in [-0.2, 0) is 6.54 Å². The molecule has 0 atom stereocenters. The number of likely N-dealkylation sites (tertiary alicyclic amines) is 1. The molecule has 124 valence electrons. The fourth-order valence-corrected chi connectivity index (χ4v) is 3.68. The summed E-state index contributed by atoms with van der Waals surface area (Å²) >= 11 is 1.64. The van der Waals surface area contributed by atoms with E-state index >= 15 is 0 Å². The molecule has 1 aromatic carbocycles. The molecule has 0 unspecified atom stereocenters. The van der Waals surface area contributed by atoms with Crippen LogP contribution in [0.2, 0.25) is 0 Å². The van der Waals surface area contributed by atoms with E-state index in [4.69, 9.17) is 4.52 Å². The summed E-state index contributed by atoms with van der Waals surface area (Å²) in [5, 5.41) is 6.13. The van der Waals surface area contributed by atoms with E-state index in [-0.39, 0.29) is 0 Å². The third-order valence-electron chi connectivity index (χ3n) is 4.54. The third-order valence-corrected chi connectivity index (χ3v) is 5.41. The normalized spacial score (nSPS) is 15.8. The van der Waals surface area contributed by atoms with E-state index in [0.29, 0.717) is 17.7 Å². The minimum absolute atomic E-state index is 0.362. The molecule has 4 nitrogen and oxygen atoms in total. The molecule has 0 N–H and O–H groups in total. The van der Waals surface area contributed by atoms with Crippen LogP contribution in [-0.4, -0.2) is 28.1 Å². The average Bonchev–Trinajstić information content (AvgIpc) is 3.21. The van der Waals surface area contributed by atoms with E-state index in [1.807, 2.05) is 17.5 Å². The van der Waals surface area contributed by atoms with Crippen molar-refractivity contribution in [3.05, 3.63) is 58.8 Å². The molecule has 0 saturated carbocycles. The third kappa shape index (κ3) is 3.14. The van der Waals surface area contributed by atoms with Crippen molar-refractivity contribution in [2.75, 3.05) is 13.1 Å². The number of nitrogens with zero attached hydrogens (tertiary/aromatic N) is 3. The summed E-state index contributed by atoms with van der Waals surface area (Å²) < 4.78 is 5.45. The largest absolute Gasteiger partial charge is 0.339 e. The molecular weight excluding hydrogens is 318 g/mol. The Morgan fingerprint density at radius 2 is 2.00 bits per heavy atom. The van der Waals surface area contributed by atoms with Crippen LogP contribution >= 0.6 is 11.3 Å². The minimum Gasteiger partial charge on any atom is -0.339 e. The lowest BCUT2D eigenvalue weighted by Crippen LogP contribution is -2.44. The maximum atomic E-state index is 5.45. The zero-order valence-electron chi connectivity index (χ0n) is 14.0. The SMILES string of the molecule is CC(C)c1ccc(CN2CC(c3nc(-c4cccs4)no3)C2)cc1. The maximum absolute atomic E-state index is 5.45. The van der Waals surface area contributed by atoms with Crippen LogP contribution in [0.1, 0.15) is 42.7 Å². The number of thiophene rings is 1. The standard InChI is InChI=1S/C19H21N3OS/c1-13(2)15-7-5-14(6-8-15)10-22-11-16(12-22)19-20-18(21-23-19)17-4-3-9-24-17/h3-9,13,16H,10-12H2,1-2H3. The van der Waals surface area contributed by atoms with Crippen LogP contribution in [0.5, 0.6) is 0 Å². The summed E-state index contributed by atoms with van der Waals surface area (Å²) in [6, 6.07) is 13.0. The molecule has 0 aliphatic carbocycles. The molecule has 0 spiro atoms. The highest BCUT2D eigenvalue weighted by Gasteiger charge is 2.32. The molecule has 2 aromatic heterocycles. The van der Waals surface area contributed by atoms with E-state index < -0.39 is 0 Å². The number of rotatable bonds is 5. The highest BCUT2D eigenvalue weighted by molar-refractivity contribution is 7.13. The second-order valence-corrected chi connectivity index (χ2v) is 7.67.